The van der Waals surface area contributed by atoms with E-state index in [2.05, 4.69) is 46.1 Å². The molecular formula is C32H48O4. The molecule has 9 atom stereocenters. The Labute approximate surface area is 218 Å². The number of carbonyl (C=O) groups excluding carboxylic acids is 1. The van der Waals surface area contributed by atoms with Gasteiger partial charge in [0.1, 0.15) is 6.10 Å². The Morgan fingerprint density at radius 3 is 2.67 bits per heavy atom. The van der Waals surface area contributed by atoms with E-state index in [0.717, 1.165) is 43.3 Å². The number of esters is 1. The fourth-order valence-electron chi connectivity index (χ4n) is 8.06. The van der Waals surface area contributed by atoms with Crippen LogP contribution in [0.25, 0.3) is 0 Å². The first kappa shape index (κ1) is 27.4. The molecule has 0 radical (unpaired) electrons. The summed E-state index contributed by atoms with van der Waals surface area (Å²) in [5.74, 6) is 1.50. The summed E-state index contributed by atoms with van der Waals surface area (Å²) >= 11 is 0. The zero-order chi connectivity index (χ0) is 26.2. The quantitative estimate of drug-likeness (QED) is 0.304. The molecule has 0 amide bonds. The van der Waals surface area contributed by atoms with Crippen LogP contribution in [0.4, 0.5) is 0 Å². The van der Waals surface area contributed by atoms with Gasteiger partial charge >= 0.3 is 5.97 Å². The highest BCUT2D eigenvalue weighted by molar-refractivity contribution is 5.90. The maximum atomic E-state index is 12.3. The third-order valence-corrected chi connectivity index (χ3v) is 10.4. The molecule has 2 N–H and O–H groups in total. The number of allylic oxidation sites excluding steroid dienone is 3. The van der Waals surface area contributed by atoms with Crippen LogP contribution in [0.5, 0.6) is 0 Å². The summed E-state index contributed by atoms with van der Waals surface area (Å²) in [5, 5.41) is 20.8. The summed E-state index contributed by atoms with van der Waals surface area (Å²) in [4.78, 5) is 12.3. The summed E-state index contributed by atoms with van der Waals surface area (Å²) in [6.07, 6.45) is 13.9. The zero-order valence-corrected chi connectivity index (χ0v) is 23.0. The van der Waals surface area contributed by atoms with Gasteiger partial charge < -0.3 is 14.9 Å². The van der Waals surface area contributed by atoms with Gasteiger partial charge in [-0.3, -0.25) is 0 Å². The van der Waals surface area contributed by atoms with E-state index in [0.29, 0.717) is 29.7 Å². The van der Waals surface area contributed by atoms with E-state index in [4.69, 9.17) is 4.74 Å². The second-order valence-corrected chi connectivity index (χ2v) is 12.6. The smallest absolute Gasteiger partial charge is 0.334 e. The molecule has 0 aromatic rings. The van der Waals surface area contributed by atoms with Crippen LogP contribution in [-0.4, -0.2) is 34.5 Å². The van der Waals surface area contributed by atoms with Crippen molar-refractivity contribution in [1.29, 1.82) is 0 Å². The summed E-state index contributed by atoms with van der Waals surface area (Å²) in [7, 11) is 0. The van der Waals surface area contributed by atoms with E-state index in [-0.39, 0.29) is 29.3 Å². The molecule has 1 aliphatic heterocycles. The third kappa shape index (κ3) is 5.05. The number of rotatable bonds is 7. The number of hydrogen-bond donors (Lipinski definition) is 2. The van der Waals surface area contributed by atoms with Crippen molar-refractivity contribution in [2.75, 3.05) is 0 Å². The van der Waals surface area contributed by atoms with Crippen molar-refractivity contribution < 1.29 is 19.7 Å². The fourth-order valence-corrected chi connectivity index (χ4v) is 8.06. The molecule has 3 saturated carbocycles. The Morgan fingerprint density at radius 2 is 1.94 bits per heavy atom. The number of aliphatic hydroxyl groups is 2. The maximum Gasteiger partial charge on any atom is 0.334 e. The highest BCUT2D eigenvalue weighted by Gasteiger charge is 2.51. The fraction of sp³-hybridized carbons (Fsp3) is 0.719. The van der Waals surface area contributed by atoms with Gasteiger partial charge in [0, 0.05) is 17.4 Å². The molecule has 4 aliphatic rings. The predicted octanol–water partition coefficient (Wildman–Crippen LogP) is 6.69. The van der Waals surface area contributed by atoms with E-state index in [1.807, 2.05) is 6.92 Å². The molecule has 0 aromatic carbocycles. The molecule has 1 heterocycles. The lowest BCUT2D eigenvalue weighted by Gasteiger charge is -2.45. The Balaban J connectivity index is 1.47. The molecule has 1 saturated heterocycles. The van der Waals surface area contributed by atoms with Crippen molar-refractivity contribution in [2.24, 2.45) is 35.0 Å². The minimum atomic E-state index is -0.673. The molecule has 4 heteroatoms. The third-order valence-electron chi connectivity index (χ3n) is 10.4. The monoisotopic (exact) mass is 496 g/mol. The van der Waals surface area contributed by atoms with Crippen molar-refractivity contribution in [1.82, 2.24) is 0 Å². The maximum absolute atomic E-state index is 12.3. The Bertz CT molecular complexity index is 928. The van der Waals surface area contributed by atoms with Crippen molar-refractivity contribution in [3.63, 3.8) is 0 Å². The molecule has 4 fully saturated rings. The second-order valence-electron chi connectivity index (χ2n) is 12.6. The largest absolute Gasteiger partial charge is 0.458 e. The summed E-state index contributed by atoms with van der Waals surface area (Å²) in [5.41, 5.74) is 4.20. The lowest BCUT2D eigenvalue weighted by atomic mass is 9.60. The normalized spacial score (nSPS) is 42.2. The van der Waals surface area contributed by atoms with Crippen LogP contribution in [0.2, 0.25) is 0 Å². The molecule has 0 bridgehead atoms. The Kier molecular flexibility index (Phi) is 8.36. The highest BCUT2D eigenvalue weighted by Crippen LogP contribution is 2.60. The number of cyclic esters (lactones) is 1. The molecule has 3 aliphatic carbocycles. The number of aliphatic hydroxyl groups excluding tert-OH is 2. The van der Waals surface area contributed by atoms with Gasteiger partial charge in [0.2, 0.25) is 0 Å². The van der Waals surface area contributed by atoms with Crippen molar-refractivity contribution >= 4 is 5.97 Å². The van der Waals surface area contributed by atoms with Crippen LogP contribution in [0.15, 0.2) is 47.6 Å². The van der Waals surface area contributed by atoms with E-state index in [1.54, 1.807) is 0 Å². The van der Waals surface area contributed by atoms with Gasteiger partial charge in [0.15, 0.2) is 0 Å². The van der Waals surface area contributed by atoms with Crippen LogP contribution < -0.4 is 0 Å². The van der Waals surface area contributed by atoms with Crippen molar-refractivity contribution in [2.45, 2.75) is 110 Å². The Morgan fingerprint density at radius 1 is 1.19 bits per heavy atom. The average molecular weight is 497 g/mol. The molecule has 0 unspecified atom stereocenters. The standard InChI is InChI=1S/C32H48O4/c1-7-8-11-25-21(4)31(35)36-29(25)17-19(2)26-14-15-27-23(10-9-16-32(26,27)6)12-13-24-18-28(33)22(5)30(34)20(24)3/h12-13,19,22,25-30,33-34H,3-4,7-11,14-18H2,1-2,5-6H3/b23-12+,24-13-/t19-,22+,25+,26-,27+,28-,29+,30-,32-/m1/s1. The number of carbonyl (C=O) groups is 1. The van der Waals surface area contributed by atoms with Gasteiger partial charge in [-0.15, -0.1) is 0 Å². The van der Waals surface area contributed by atoms with E-state index < -0.39 is 12.2 Å². The van der Waals surface area contributed by atoms with Crippen LogP contribution in [0, 0.1) is 35.0 Å². The molecule has 36 heavy (non-hydrogen) atoms. The van der Waals surface area contributed by atoms with Gasteiger partial charge in [0.25, 0.3) is 0 Å². The minimum absolute atomic E-state index is 0.0184. The number of ether oxygens (including phenoxy) is 1. The number of fused-ring (bicyclic) bond motifs is 1. The van der Waals surface area contributed by atoms with Crippen molar-refractivity contribution in [3.05, 3.63) is 47.6 Å². The van der Waals surface area contributed by atoms with Gasteiger partial charge in [0.05, 0.1) is 12.2 Å². The van der Waals surface area contributed by atoms with E-state index in [9.17, 15) is 15.0 Å². The minimum Gasteiger partial charge on any atom is -0.458 e. The highest BCUT2D eigenvalue weighted by atomic mass is 16.6. The lowest BCUT2D eigenvalue weighted by molar-refractivity contribution is -0.140. The first-order valence-electron chi connectivity index (χ1n) is 14.4. The summed E-state index contributed by atoms with van der Waals surface area (Å²) in [6, 6.07) is 0. The summed E-state index contributed by atoms with van der Waals surface area (Å²) < 4.78 is 5.84. The first-order chi connectivity index (χ1) is 17.1. The van der Waals surface area contributed by atoms with Gasteiger partial charge in [-0.25, -0.2) is 4.79 Å². The molecule has 0 aromatic heterocycles. The zero-order valence-electron chi connectivity index (χ0n) is 23.0. The van der Waals surface area contributed by atoms with Gasteiger partial charge in [-0.1, -0.05) is 71.4 Å². The SMILES string of the molecule is C=C1/C(=C\C=C2/CCC[C@]3(C)[C@@H]([C@H](C)C[C@@H]4OC(=O)C(=C)[C@@H]4CCCC)CC[C@@H]23)C[C@@H](O)[C@H](C)[C@@H]1O. The lowest BCUT2D eigenvalue weighted by Crippen LogP contribution is -2.37. The summed E-state index contributed by atoms with van der Waals surface area (Å²) in [6.45, 7) is 17.1. The molecule has 4 rings (SSSR count). The van der Waals surface area contributed by atoms with E-state index in [1.165, 1.54) is 31.3 Å². The van der Waals surface area contributed by atoms with Crippen LogP contribution in [-0.2, 0) is 9.53 Å². The second kappa shape index (κ2) is 11.0. The first-order valence-corrected chi connectivity index (χ1v) is 14.4. The average Bonchev–Trinajstić information content (AvgIpc) is 3.33. The van der Waals surface area contributed by atoms with E-state index >= 15 is 0 Å². The Hall–Kier alpha value is -1.65. The topological polar surface area (TPSA) is 66.8 Å². The molecular weight excluding hydrogens is 448 g/mol. The predicted molar refractivity (Wildman–Crippen MR) is 145 cm³/mol. The number of unbranched alkanes of at least 4 members (excludes halogenated alkanes) is 1. The van der Waals surface area contributed by atoms with Crippen molar-refractivity contribution in [3.8, 4) is 0 Å². The van der Waals surface area contributed by atoms with Crippen LogP contribution in [0.3, 0.4) is 0 Å². The van der Waals surface area contributed by atoms with Crippen LogP contribution in [0.1, 0.15) is 91.9 Å². The van der Waals surface area contributed by atoms with Gasteiger partial charge in [-0.05, 0) is 85.7 Å². The molecule has 4 nitrogen and oxygen atoms in total. The number of hydrogen-bond acceptors (Lipinski definition) is 4. The molecule has 0 spiro atoms. The molecule has 200 valence electrons. The van der Waals surface area contributed by atoms with Gasteiger partial charge in [-0.2, -0.15) is 0 Å². The van der Waals surface area contributed by atoms with Crippen LogP contribution >= 0.6 is 0 Å².